The summed E-state index contributed by atoms with van der Waals surface area (Å²) in [6.07, 6.45) is -15.8. The van der Waals surface area contributed by atoms with E-state index in [-0.39, 0.29) is 11.8 Å². The number of aromatic nitrogens is 2. The minimum atomic E-state index is -5.35. The van der Waals surface area contributed by atoms with Crippen molar-refractivity contribution >= 4 is 34.0 Å². The maximum absolute atomic E-state index is 13.6. The smallest absolute Gasteiger partial charge is 0.325 e. The molecule has 3 aromatic carbocycles. The van der Waals surface area contributed by atoms with E-state index in [1.807, 2.05) is 5.32 Å². The Bertz CT molecular complexity index is 1560. The Morgan fingerprint density at radius 3 is 2.00 bits per heavy atom. The molecule has 0 aliphatic carbocycles. The fourth-order valence-electron chi connectivity index (χ4n) is 3.51. The van der Waals surface area contributed by atoms with Gasteiger partial charge in [0.1, 0.15) is 5.02 Å². The number of halogens is 10. The van der Waals surface area contributed by atoms with Gasteiger partial charge in [0.2, 0.25) is 5.95 Å². The number of nitrogens with one attached hydrogen (secondary N) is 1. The van der Waals surface area contributed by atoms with Gasteiger partial charge in [0.25, 0.3) is 5.56 Å². The van der Waals surface area contributed by atoms with Crippen molar-refractivity contribution in [1.82, 2.24) is 9.55 Å². The highest BCUT2D eigenvalue weighted by Crippen LogP contribution is 2.41. The lowest BCUT2D eigenvalue weighted by Gasteiger charge is -2.20. The van der Waals surface area contributed by atoms with Gasteiger partial charge < -0.3 is 5.32 Å². The minimum Gasteiger partial charge on any atom is -0.325 e. The molecule has 0 aliphatic rings. The average molecular weight is 552 g/mol. The highest BCUT2D eigenvalue weighted by atomic mass is 35.5. The molecule has 0 unspecified atom stereocenters. The number of nitrogens with zero attached hydrogens (tertiary/aromatic N) is 2. The molecular weight excluding hydrogens is 541 g/mol. The predicted octanol–water partition coefficient (Wildman–Crippen LogP) is 7.84. The molecule has 194 valence electrons. The molecule has 4 nitrogen and oxygen atoms in total. The van der Waals surface area contributed by atoms with E-state index in [4.69, 9.17) is 11.6 Å². The molecule has 0 radical (unpaired) electrons. The van der Waals surface area contributed by atoms with Gasteiger partial charge in [-0.3, -0.25) is 4.79 Å². The number of hydrogen-bond acceptors (Lipinski definition) is 3. The highest BCUT2D eigenvalue weighted by Gasteiger charge is 2.40. The lowest BCUT2D eigenvalue weighted by Crippen LogP contribution is -2.28. The zero-order valence-electron chi connectivity index (χ0n) is 17.9. The monoisotopic (exact) mass is 551 g/mol. The van der Waals surface area contributed by atoms with Crippen LogP contribution in [0.2, 0.25) is 5.02 Å². The zero-order chi connectivity index (χ0) is 27.3. The van der Waals surface area contributed by atoms with E-state index in [0.717, 1.165) is 0 Å². The summed E-state index contributed by atoms with van der Waals surface area (Å²) in [5.74, 6) is -1.05. The summed E-state index contributed by atoms with van der Waals surface area (Å²) in [4.78, 5) is 16.2. The summed E-state index contributed by atoms with van der Waals surface area (Å²) in [5.41, 5.74) is -8.03. The molecule has 0 fully saturated rings. The maximum atomic E-state index is 13.6. The van der Waals surface area contributed by atoms with Crippen LogP contribution in [0.25, 0.3) is 16.5 Å². The molecule has 1 N–H and O–H groups in total. The van der Waals surface area contributed by atoms with E-state index in [2.05, 4.69) is 4.98 Å². The molecule has 0 saturated heterocycles. The van der Waals surface area contributed by atoms with Crippen molar-refractivity contribution in [2.75, 3.05) is 5.32 Å². The molecule has 14 heteroatoms. The predicted molar refractivity (Wildman–Crippen MR) is 117 cm³/mol. The topological polar surface area (TPSA) is 46.9 Å². The molecule has 0 amide bonds. The molecule has 0 atom stereocenters. The fourth-order valence-corrected chi connectivity index (χ4v) is 3.75. The lowest BCUT2D eigenvalue weighted by atomic mass is 10.1. The van der Waals surface area contributed by atoms with Crippen LogP contribution in [-0.2, 0) is 18.5 Å². The lowest BCUT2D eigenvalue weighted by molar-refractivity contribution is -0.143. The van der Waals surface area contributed by atoms with Crippen LogP contribution >= 0.6 is 11.6 Å². The van der Waals surface area contributed by atoms with Crippen LogP contribution in [0, 0.1) is 0 Å². The molecule has 1 heterocycles. The standard InChI is InChI=1S/C23H11ClF9N3O/c24-17-18(23(31,32)33)35-20(34-16-8-6-13(21(25,26)27)10-15(16)22(28,29)30)36(19(17)37)14-7-5-11-3-1-2-4-12(11)9-14/h1-10H,(H,34,35). The van der Waals surface area contributed by atoms with Gasteiger partial charge in [-0.25, -0.2) is 9.55 Å². The van der Waals surface area contributed by atoms with E-state index >= 15 is 0 Å². The second-order valence-electron chi connectivity index (χ2n) is 7.65. The van der Waals surface area contributed by atoms with Crippen molar-refractivity contribution < 1.29 is 39.5 Å². The number of alkyl halides is 9. The first-order valence-electron chi connectivity index (χ1n) is 10.0. The first-order valence-corrected chi connectivity index (χ1v) is 10.4. The van der Waals surface area contributed by atoms with Crippen LogP contribution in [-0.4, -0.2) is 9.55 Å². The summed E-state index contributed by atoms with van der Waals surface area (Å²) in [7, 11) is 0. The first kappa shape index (κ1) is 26.3. The van der Waals surface area contributed by atoms with E-state index in [1.54, 1.807) is 24.3 Å². The molecule has 37 heavy (non-hydrogen) atoms. The fraction of sp³-hybridized carbons (Fsp3) is 0.130. The molecule has 4 rings (SSSR count). The van der Waals surface area contributed by atoms with E-state index < -0.39 is 57.6 Å². The van der Waals surface area contributed by atoms with Crippen LogP contribution in [0.5, 0.6) is 0 Å². The van der Waals surface area contributed by atoms with Crippen molar-refractivity contribution in [3.8, 4) is 5.69 Å². The van der Waals surface area contributed by atoms with Crippen molar-refractivity contribution in [2.45, 2.75) is 18.5 Å². The van der Waals surface area contributed by atoms with Gasteiger partial charge in [-0.2, -0.15) is 39.5 Å². The molecule has 1 aromatic heterocycles. The molecule has 4 aromatic rings. The van der Waals surface area contributed by atoms with Crippen molar-refractivity contribution in [2.24, 2.45) is 0 Å². The molecular formula is C23H11ClF9N3O. The Balaban J connectivity index is 1.99. The van der Waals surface area contributed by atoms with Crippen molar-refractivity contribution in [3.05, 3.63) is 92.9 Å². The normalized spacial score (nSPS) is 12.7. The molecule has 0 bridgehead atoms. The van der Waals surface area contributed by atoms with Gasteiger partial charge in [-0.15, -0.1) is 0 Å². The summed E-state index contributed by atoms with van der Waals surface area (Å²) in [6.45, 7) is 0. The molecule has 0 saturated carbocycles. The second kappa shape index (κ2) is 8.98. The van der Waals surface area contributed by atoms with E-state index in [1.165, 1.54) is 18.2 Å². The summed E-state index contributed by atoms with van der Waals surface area (Å²) in [5, 5.41) is 1.79. The third-order valence-electron chi connectivity index (χ3n) is 5.19. The van der Waals surface area contributed by atoms with Gasteiger partial charge in [0.15, 0.2) is 5.69 Å². The van der Waals surface area contributed by atoms with Gasteiger partial charge in [0, 0.05) is 0 Å². The Morgan fingerprint density at radius 2 is 1.41 bits per heavy atom. The Morgan fingerprint density at radius 1 is 0.757 bits per heavy atom. The quantitative estimate of drug-likeness (QED) is 0.264. The SMILES string of the molecule is O=c1c(Cl)c(C(F)(F)F)nc(Nc2ccc(C(F)(F)F)cc2C(F)(F)F)n1-c1ccc2ccccc2c1. The number of benzene rings is 3. The van der Waals surface area contributed by atoms with Crippen LogP contribution in [0.15, 0.2) is 65.5 Å². The van der Waals surface area contributed by atoms with Crippen LogP contribution in [0.1, 0.15) is 16.8 Å². The third-order valence-corrected chi connectivity index (χ3v) is 5.53. The number of anilines is 2. The maximum Gasteiger partial charge on any atom is 0.435 e. The largest absolute Gasteiger partial charge is 0.435 e. The summed E-state index contributed by atoms with van der Waals surface area (Å²) in [6, 6.07) is 11.2. The molecule has 0 spiro atoms. The van der Waals surface area contributed by atoms with Gasteiger partial charge in [0.05, 0.1) is 22.5 Å². The van der Waals surface area contributed by atoms with E-state index in [9.17, 15) is 44.3 Å². The van der Waals surface area contributed by atoms with Gasteiger partial charge >= 0.3 is 18.5 Å². The number of hydrogen-bond donors (Lipinski definition) is 1. The third kappa shape index (κ3) is 5.22. The highest BCUT2D eigenvalue weighted by molar-refractivity contribution is 6.31. The summed E-state index contributed by atoms with van der Waals surface area (Å²) < 4.78 is 121. The van der Waals surface area contributed by atoms with Crippen LogP contribution < -0.4 is 10.9 Å². The second-order valence-corrected chi connectivity index (χ2v) is 8.03. The van der Waals surface area contributed by atoms with Crippen molar-refractivity contribution in [3.63, 3.8) is 0 Å². The number of rotatable bonds is 3. The minimum absolute atomic E-state index is 0.116. The Labute approximate surface area is 205 Å². The first-order chi connectivity index (χ1) is 17.1. The van der Waals surface area contributed by atoms with Crippen LogP contribution in [0.4, 0.5) is 51.1 Å². The van der Waals surface area contributed by atoms with Crippen LogP contribution in [0.3, 0.4) is 0 Å². The Hall–Kier alpha value is -3.74. The van der Waals surface area contributed by atoms with Gasteiger partial charge in [-0.05, 0) is 41.1 Å². The molecule has 0 aliphatic heterocycles. The van der Waals surface area contributed by atoms with Gasteiger partial charge in [-0.1, -0.05) is 41.9 Å². The average Bonchev–Trinajstić information content (AvgIpc) is 2.79. The summed E-state index contributed by atoms with van der Waals surface area (Å²) >= 11 is 5.65. The Kier molecular flexibility index (Phi) is 6.39. The van der Waals surface area contributed by atoms with Crippen molar-refractivity contribution in [1.29, 1.82) is 0 Å². The number of fused-ring (bicyclic) bond motifs is 1. The zero-order valence-corrected chi connectivity index (χ0v) is 18.6. The van der Waals surface area contributed by atoms with E-state index in [0.29, 0.717) is 27.5 Å².